The van der Waals surface area contributed by atoms with Crippen LogP contribution >= 0.6 is 15.9 Å². The number of anilines is 1. The number of methoxy groups -OCH3 is 1. The molecule has 182 valence electrons. The number of nitrogens with one attached hydrogen (secondary N) is 2. The zero-order valence-corrected chi connectivity index (χ0v) is 20.7. The summed E-state index contributed by atoms with van der Waals surface area (Å²) >= 11 is 3.50. The van der Waals surface area contributed by atoms with Gasteiger partial charge in [0.05, 0.1) is 23.5 Å². The SMILES string of the molecule is COc1cc(/C=N/NC(=O)C(=O)Nc2ccccc2F)cc(Br)c1OCc1cccc2ccccc12. The molecule has 0 aliphatic heterocycles. The fourth-order valence-corrected chi connectivity index (χ4v) is 4.05. The van der Waals surface area contributed by atoms with E-state index in [1.807, 2.05) is 42.5 Å². The van der Waals surface area contributed by atoms with Crippen molar-refractivity contribution in [3.05, 3.63) is 100 Å². The highest BCUT2D eigenvalue weighted by atomic mass is 79.9. The van der Waals surface area contributed by atoms with Crippen molar-refractivity contribution in [3.8, 4) is 11.5 Å². The van der Waals surface area contributed by atoms with E-state index < -0.39 is 17.6 Å². The van der Waals surface area contributed by atoms with Gasteiger partial charge in [0, 0.05) is 0 Å². The minimum absolute atomic E-state index is 0.102. The predicted octanol–water partition coefficient (Wildman–Crippen LogP) is 5.42. The summed E-state index contributed by atoms with van der Waals surface area (Å²) in [5.41, 5.74) is 3.62. The van der Waals surface area contributed by atoms with Crippen molar-refractivity contribution >= 4 is 50.4 Å². The maximum atomic E-state index is 13.6. The van der Waals surface area contributed by atoms with E-state index in [0.717, 1.165) is 16.3 Å². The quantitative estimate of drug-likeness (QED) is 0.183. The van der Waals surface area contributed by atoms with E-state index in [0.29, 0.717) is 28.1 Å². The molecule has 4 aromatic carbocycles. The second-order valence-electron chi connectivity index (χ2n) is 7.59. The molecule has 2 amide bonds. The largest absolute Gasteiger partial charge is 0.493 e. The summed E-state index contributed by atoms with van der Waals surface area (Å²) in [6.45, 7) is 0.330. The van der Waals surface area contributed by atoms with Gasteiger partial charge in [-0.1, -0.05) is 54.6 Å². The molecule has 0 heterocycles. The number of hydrogen-bond acceptors (Lipinski definition) is 5. The Hall–Kier alpha value is -4.24. The number of amides is 2. The van der Waals surface area contributed by atoms with Crippen LogP contribution in [-0.2, 0) is 16.2 Å². The second-order valence-corrected chi connectivity index (χ2v) is 8.45. The van der Waals surface area contributed by atoms with Crippen LogP contribution < -0.4 is 20.2 Å². The highest BCUT2D eigenvalue weighted by molar-refractivity contribution is 9.10. The van der Waals surface area contributed by atoms with E-state index in [4.69, 9.17) is 9.47 Å². The molecular formula is C27H21BrFN3O4. The zero-order chi connectivity index (χ0) is 25.5. The molecule has 0 spiro atoms. The van der Waals surface area contributed by atoms with Crippen LogP contribution in [0.3, 0.4) is 0 Å². The second kappa shape index (κ2) is 11.5. The molecule has 0 radical (unpaired) electrons. The Balaban J connectivity index is 1.42. The molecule has 0 aromatic heterocycles. The summed E-state index contributed by atoms with van der Waals surface area (Å²) in [5.74, 6) is -1.78. The summed E-state index contributed by atoms with van der Waals surface area (Å²) in [4.78, 5) is 24.0. The minimum Gasteiger partial charge on any atom is -0.493 e. The van der Waals surface area contributed by atoms with Crippen molar-refractivity contribution in [2.45, 2.75) is 6.61 Å². The molecule has 4 rings (SSSR count). The van der Waals surface area contributed by atoms with E-state index in [2.05, 4.69) is 31.8 Å². The van der Waals surface area contributed by atoms with Crippen molar-refractivity contribution in [3.63, 3.8) is 0 Å². The molecule has 0 fully saturated rings. The van der Waals surface area contributed by atoms with Crippen LogP contribution in [-0.4, -0.2) is 25.1 Å². The fourth-order valence-electron chi connectivity index (χ4n) is 3.48. The molecule has 0 atom stereocenters. The number of carbonyl (C=O) groups is 2. The molecule has 36 heavy (non-hydrogen) atoms. The fraction of sp³-hybridized carbons (Fsp3) is 0.0741. The lowest BCUT2D eigenvalue weighted by molar-refractivity contribution is -0.136. The van der Waals surface area contributed by atoms with Gasteiger partial charge in [-0.2, -0.15) is 5.10 Å². The average molecular weight is 550 g/mol. The Morgan fingerprint density at radius 2 is 1.75 bits per heavy atom. The van der Waals surface area contributed by atoms with E-state index >= 15 is 0 Å². The van der Waals surface area contributed by atoms with Gasteiger partial charge in [0.2, 0.25) is 0 Å². The number of carbonyl (C=O) groups excluding carboxylic acids is 2. The first kappa shape index (κ1) is 24.9. The third kappa shape index (κ3) is 5.87. The molecule has 0 aliphatic rings. The number of para-hydroxylation sites is 1. The summed E-state index contributed by atoms with van der Waals surface area (Å²) in [6, 6.07) is 23.0. The van der Waals surface area contributed by atoms with Crippen LogP contribution in [0.1, 0.15) is 11.1 Å². The third-order valence-electron chi connectivity index (χ3n) is 5.21. The van der Waals surface area contributed by atoms with Gasteiger partial charge in [0.15, 0.2) is 11.5 Å². The number of hydrogen-bond donors (Lipinski definition) is 2. The molecule has 7 nitrogen and oxygen atoms in total. The normalized spacial score (nSPS) is 10.9. The molecule has 9 heteroatoms. The van der Waals surface area contributed by atoms with E-state index in [9.17, 15) is 14.0 Å². The number of benzene rings is 4. The molecule has 0 unspecified atom stereocenters. The Labute approximate surface area is 215 Å². The van der Waals surface area contributed by atoms with Crippen LogP contribution in [0.4, 0.5) is 10.1 Å². The summed E-state index contributed by atoms with van der Waals surface area (Å²) < 4.78 is 25.8. The molecule has 2 N–H and O–H groups in total. The van der Waals surface area contributed by atoms with Crippen LogP contribution in [0.5, 0.6) is 11.5 Å². The maximum Gasteiger partial charge on any atom is 0.329 e. The predicted molar refractivity (Wildman–Crippen MR) is 140 cm³/mol. The lowest BCUT2D eigenvalue weighted by Gasteiger charge is -2.14. The van der Waals surface area contributed by atoms with Crippen molar-refractivity contribution in [2.24, 2.45) is 5.10 Å². The molecule has 4 aromatic rings. The van der Waals surface area contributed by atoms with Gasteiger partial charge < -0.3 is 14.8 Å². The third-order valence-corrected chi connectivity index (χ3v) is 5.80. The molecule has 0 bridgehead atoms. The first-order valence-electron chi connectivity index (χ1n) is 10.8. The van der Waals surface area contributed by atoms with Gasteiger partial charge in [-0.25, -0.2) is 9.82 Å². The van der Waals surface area contributed by atoms with Crippen molar-refractivity contribution in [1.29, 1.82) is 0 Å². The zero-order valence-electron chi connectivity index (χ0n) is 19.1. The highest BCUT2D eigenvalue weighted by Gasteiger charge is 2.15. The van der Waals surface area contributed by atoms with Crippen LogP contribution in [0.15, 0.2) is 88.4 Å². The number of nitrogens with zero attached hydrogens (tertiary/aromatic N) is 1. The van der Waals surface area contributed by atoms with Gasteiger partial charge in [-0.15, -0.1) is 0 Å². The summed E-state index contributed by atoms with van der Waals surface area (Å²) in [7, 11) is 1.52. The molecule has 0 saturated heterocycles. The van der Waals surface area contributed by atoms with Gasteiger partial charge in [0.1, 0.15) is 12.4 Å². The van der Waals surface area contributed by atoms with E-state index in [1.165, 1.54) is 37.6 Å². The molecule has 0 saturated carbocycles. The lowest BCUT2D eigenvalue weighted by atomic mass is 10.1. The summed E-state index contributed by atoms with van der Waals surface area (Å²) in [6.07, 6.45) is 1.34. The van der Waals surface area contributed by atoms with E-state index in [-0.39, 0.29) is 5.69 Å². The topological polar surface area (TPSA) is 89.0 Å². The number of hydrazone groups is 1. The van der Waals surface area contributed by atoms with Crippen LogP contribution in [0, 0.1) is 5.82 Å². The smallest absolute Gasteiger partial charge is 0.329 e. The van der Waals surface area contributed by atoms with Crippen LogP contribution in [0.2, 0.25) is 0 Å². The Morgan fingerprint density at radius 3 is 2.56 bits per heavy atom. The van der Waals surface area contributed by atoms with Gasteiger partial charge in [0.25, 0.3) is 0 Å². The van der Waals surface area contributed by atoms with Crippen LogP contribution in [0.25, 0.3) is 10.8 Å². The Morgan fingerprint density at radius 1 is 1.00 bits per heavy atom. The number of rotatable bonds is 7. The van der Waals surface area contributed by atoms with Gasteiger partial charge in [-0.05, 0) is 62.1 Å². The van der Waals surface area contributed by atoms with Gasteiger partial charge in [-0.3, -0.25) is 9.59 Å². The standard InChI is InChI=1S/C27H21BrFN3O4/c1-35-24-14-17(15-30-32-27(34)26(33)31-23-12-5-4-11-22(23)29)13-21(28)25(24)36-16-19-9-6-8-18-7-2-3-10-20(18)19/h2-15H,16H2,1H3,(H,31,33)(H,32,34)/b30-15+. The maximum absolute atomic E-state index is 13.6. The molecular weight excluding hydrogens is 529 g/mol. The monoisotopic (exact) mass is 549 g/mol. The van der Waals surface area contributed by atoms with E-state index in [1.54, 1.807) is 12.1 Å². The minimum atomic E-state index is -1.05. The molecule has 0 aliphatic carbocycles. The average Bonchev–Trinajstić information content (AvgIpc) is 2.89. The summed E-state index contributed by atoms with van der Waals surface area (Å²) in [5, 5.41) is 8.22. The van der Waals surface area contributed by atoms with Crippen molar-refractivity contribution < 1.29 is 23.5 Å². The van der Waals surface area contributed by atoms with Crippen molar-refractivity contribution in [2.75, 3.05) is 12.4 Å². The van der Waals surface area contributed by atoms with Gasteiger partial charge >= 0.3 is 11.8 Å². The Kier molecular flexibility index (Phi) is 7.92. The van der Waals surface area contributed by atoms with Crippen molar-refractivity contribution in [1.82, 2.24) is 5.43 Å². The number of halogens is 2. The first-order chi connectivity index (χ1) is 17.5. The highest BCUT2D eigenvalue weighted by Crippen LogP contribution is 2.37. The number of ether oxygens (including phenoxy) is 2. The first-order valence-corrected chi connectivity index (χ1v) is 11.6. The lowest BCUT2D eigenvalue weighted by Crippen LogP contribution is -2.32. The Bertz CT molecular complexity index is 1450. The number of fused-ring (bicyclic) bond motifs is 1.